The van der Waals surface area contributed by atoms with Gasteiger partial charge < -0.3 is 9.32 Å². The third-order valence-corrected chi connectivity index (χ3v) is 11.8. The summed E-state index contributed by atoms with van der Waals surface area (Å²) in [4.78, 5) is 2.46. The zero-order valence-corrected chi connectivity index (χ0v) is 29.5. The van der Waals surface area contributed by atoms with Crippen molar-refractivity contribution >= 4 is 92.1 Å². The van der Waals surface area contributed by atoms with Crippen molar-refractivity contribution < 1.29 is 4.42 Å². The van der Waals surface area contributed by atoms with Gasteiger partial charge in [0, 0.05) is 47.6 Å². The number of furan rings is 1. The smallest absolute Gasteiger partial charge is 0.143 e. The zero-order chi connectivity index (χ0) is 34.9. The first-order valence-electron chi connectivity index (χ1n) is 18.0. The maximum Gasteiger partial charge on any atom is 0.143 e. The van der Waals surface area contributed by atoms with E-state index in [0.29, 0.717) is 0 Å². The normalized spacial score (nSPS) is 11.8. The Kier molecular flexibility index (Phi) is 6.76. The number of rotatable bonds is 5. The van der Waals surface area contributed by atoms with Gasteiger partial charge >= 0.3 is 0 Å². The van der Waals surface area contributed by atoms with Crippen molar-refractivity contribution in [1.82, 2.24) is 0 Å². The molecule has 2 heterocycles. The predicted molar refractivity (Wildman–Crippen MR) is 227 cm³/mol. The lowest BCUT2D eigenvalue weighted by molar-refractivity contribution is 0.673. The second kappa shape index (κ2) is 11.9. The summed E-state index contributed by atoms with van der Waals surface area (Å²) in [5, 5.41) is 9.60. The van der Waals surface area contributed by atoms with Gasteiger partial charge in [0.25, 0.3) is 0 Å². The molecule has 2 aromatic heterocycles. The molecule has 0 N–H and O–H groups in total. The largest absolute Gasteiger partial charge is 0.455 e. The first kappa shape index (κ1) is 30.0. The molecular formula is C50H31NOS. The fourth-order valence-corrected chi connectivity index (χ4v) is 9.32. The number of benzene rings is 9. The summed E-state index contributed by atoms with van der Waals surface area (Å²) < 4.78 is 9.21. The summed E-state index contributed by atoms with van der Waals surface area (Å²) in [6, 6.07) is 67.9. The van der Waals surface area contributed by atoms with Gasteiger partial charge in [0.05, 0.1) is 11.4 Å². The molecule has 0 bridgehead atoms. The minimum atomic E-state index is 0.911. The standard InChI is InChI=1S/C50H31NOS/c1-2-12-34(13-3-1)39-16-8-9-18-42(39)51(38-26-23-33(24-27-38)37-22-21-32-11-4-5-15-36(32)31-37)43-19-10-20-45-48(43)49-46(53-45)30-29-44-47(49)41-28-25-35-14-6-7-17-40(35)50(41)52-44/h1-31H. The molecule has 0 aliphatic carbocycles. The molecule has 3 heteroatoms. The van der Waals surface area contributed by atoms with Gasteiger partial charge in [-0.05, 0) is 87.4 Å². The highest BCUT2D eigenvalue weighted by Gasteiger charge is 2.24. The molecule has 0 saturated carbocycles. The molecule has 0 aliphatic rings. The van der Waals surface area contributed by atoms with Crippen LogP contribution in [-0.2, 0) is 0 Å². The number of hydrogen-bond acceptors (Lipinski definition) is 3. The Morgan fingerprint density at radius 2 is 1.09 bits per heavy atom. The van der Waals surface area contributed by atoms with E-state index in [1.165, 1.54) is 64.0 Å². The van der Waals surface area contributed by atoms with Crippen molar-refractivity contribution in [2.45, 2.75) is 0 Å². The van der Waals surface area contributed by atoms with Crippen molar-refractivity contribution in [3.8, 4) is 22.3 Å². The van der Waals surface area contributed by atoms with Crippen LogP contribution in [0.1, 0.15) is 0 Å². The van der Waals surface area contributed by atoms with Gasteiger partial charge in [0.1, 0.15) is 11.2 Å². The third kappa shape index (κ3) is 4.78. The highest BCUT2D eigenvalue weighted by atomic mass is 32.1. The van der Waals surface area contributed by atoms with Crippen LogP contribution in [0.25, 0.3) is 85.9 Å². The van der Waals surface area contributed by atoms with E-state index < -0.39 is 0 Å². The van der Waals surface area contributed by atoms with E-state index in [9.17, 15) is 0 Å². The molecule has 0 amide bonds. The van der Waals surface area contributed by atoms with Gasteiger partial charge in [-0.15, -0.1) is 11.3 Å². The molecule has 2 nitrogen and oxygen atoms in total. The molecule has 0 aliphatic heterocycles. The van der Waals surface area contributed by atoms with Crippen LogP contribution in [0.5, 0.6) is 0 Å². The van der Waals surface area contributed by atoms with E-state index in [1.54, 1.807) is 0 Å². The molecule has 11 aromatic rings. The van der Waals surface area contributed by atoms with E-state index in [2.05, 4.69) is 193 Å². The number of hydrogen-bond donors (Lipinski definition) is 0. The lowest BCUT2D eigenvalue weighted by Crippen LogP contribution is -2.11. The van der Waals surface area contributed by atoms with Gasteiger partial charge in [-0.3, -0.25) is 0 Å². The molecule has 0 fully saturated rings. The fourth-order valence-electron chi connectivity index (χ4n) is 8.18. The Bertz CT molecular complexity index is 3170. The van der Waals surface area contributed by atoms with Gasteiger partial charge in [-0.1, -0.05) is 133 Å². The molecule has 0 atom stereocenters. The Morgan fingerprint density at radius 3 is 1.98 bits per heavy atom. The average Bonchev–Trinajstić information content (AvgIpc) is 3.81. The molecule has 0 spiro atoms. The van der Waals surface area contributed by atoms with Crippen LogP contribution in [0, 0.1) is 0 Å². The average molecular weight is 694 g/mol. The second-order valence-electron chi connectivity index (χ2n) is 13.7. The van der Waals surface area contributed by atoms with Gasteiger partial charge in [-0.25, -0.2) is 0 Å². The minimum absolute atomic E-state index is 0.911. The summed E-state index contributed by atoms with van der Waals surface area (Å²) in [6.07, 6.45) is 0. The number of fused-ring (bicyclic) bond motifs is 10. The third-order valence-electron chi connectivity index (χ3n) is 10.6. The summed E-state index contributed by atoms with van der Waals surface area (Å²) in [5.41, 5.74) is 9.96. The van der Waals surface area contributed by atoms with Gasteiger partial charge in [0.2, 0.25) is 0 Å². The van der Waals surface area contributed by atoms with Crippen LogP contribution in [0.15, 0.2) is 192 Å². The van der Waals surface area contributed by atoms with Crippen LogP contribution < -0.4 is 4.90 Å². The Labute approximate surface area is 310 Å². The van der Waals surface area contributed by atoms with E-state index in [0.717, 1.165) is 39.0 Å². The van der Waals surface area contributed by atoms with Crippen LogP contribution in [-0.4, -0.2) is 0 Å². The zero-order valence-electron chi connectivity index (χ0n) is 28.7. The van der Waals surface area contributed by atoms with Crippen molar-refractivity contribution in [2.75, 3.05) is 4.90 Å². The maximum absolute atomic E-state index is 6.71. The lowest BCUT2D eigenvalue weighted by atomic mass is 9.98. The van der Waals surface area contributed by atoms with Crippen LogP contribution >= 0.6 is 11.3 Å². The maximum atomic E-state index is 6.71. The Morgan fingerprint density at radius 1 is 0.396 bits per heavy atom. The molecule has 0 saturated heterocycles. The van der Waals surface area contributed by atoms with Crippen molar-refractivity contribution in [3.63, 3.8) is 0 Å². The molecule has 0 unspecified atom stereocenters. The van der Waals surface area contributed by atoms with Crippen molar-refractivity contribution in [3.05, 3.63) is 188 Å². The van der Waals surface area contributed by atoms with Crippen LogP contribution in [0.4, 0.5) is 17.1 Å². The first-order valence-corrected chi connectivity index (χ1v) is 18.8. The monoisotopic (exact) mass is 693 g/mol. The Balaban J connectivity index is 1.18. The summed E-state index contributed by atoms with van der Waals surface area (Å²) in [7, 11) is 0. The molecule has 9 aromatic carbocycles. The summed E-state index contributed by atoms with van der Waals surface area (Å²) in [5.74, 6) is 0. The second-order valence-corrected chi connectivity index (χ2v) is 14.7. The number of para-hydroxylation sites is 1. The minimum Gasteiger partial charge on any atom is -0.455 e. The summed E-state index contributed by atoms with van der Waals surface area (Å²) >= 11 is 1.85. The SMILES string of the molecule is c1ccc(-c2ccccc2N(c2ccc(-c3ccc4ccccc4c3)cc2)c2cccc3sc4ccc5oc6c7ccccc7ccc6c5c4c23)cc1. The molecule has 0 radical (unpaired) electrons. The van der Waals surface area contributed by atoms with Crippen LogP contribution in [0.3, 0.4) is 0 Å². The molecule has 11 rings (SSSR count). The van der Waals surface area contributed by atoms with Gasteiger partial charge in [-0.2, -0.15) is 0 Å². The van der Waals surface area contributed by atoms with E-state index >= 15 is 0 Å². The lowest BCUT2D eigenvalue weighted by Gasteiger charge is -2.29. The highest BCUT2D eigenvalue weighted by Crippen LogP contribution is 2.50. The van der Waals surface area contributed by atoms with Crippen LogP contribution in [0.2, 0.25) is 0 Å². The topological polar surface area (TPSA) is 16.4 Å². The first-order chi connectivity index (χ1) is 26.3. The number of nitrogens with zero attached hydrogens (tertiary/aromatic N) is 1. The quantitative estimate of drug-likeness (QED) is 0.178. The summed E-state index contributed by atoms with van der Waals surface area (Å²) in [6.45, 7) is 0. The number of thiophene rings is 1. The number of anilines is 3. The Hall–Kier alpha value is -6.68. The highest BCUT2D eigenvalue weighted by molar-refractivity contribution is 7.26. The fraction of sp³-hybridized carbons (Fsp3) is 0. The molecule has 248 valence electrons. The van der Waals surface area contributed by atoms with Gasteiger partial charge in [0.15, 0.2) is 0 Å². The van der Waals surface area contributed by atoms with E-state index in [4.69, 9.17) is 4.42 Å². The molecule has 53 heavy (non-hydrogen) atoms. The predicted octanol–water partition coefficient (Wildman–Crippen LogP) is 15.1. The van der Waals surface area contributed by atoms with Crippen molar-refractivity contribution in [2.24, 2.45) is 0 Å². The molecular weight excluding hydrogens is 663 g/mol. The van der Waals surface area contributed by atoms with E-state index in [-0.39, 0.29) is 0 Å². The van der Waals surface area contributed by atoms with Crippen molar-refractivity contribution in [1.29, 1.82) is 0 Å². The van der Waals surface area contributed by atoms with E-state index in [1.807, 2.05) is 11.3 Å².